The lowest BCUT2D eigenvalue weighted by atomic mass is 9.43. The van der Waals surface area contributed by atoms with E-state index < -0.39 is 0 Å². The average Bonchev–Trinajstić information content (AvgIpc) is 3.99. The Labute approximate surface area is 424 Å². The normalized spacial score (nSPS) is 18.5. The van der Waals surface area contributed by atoms with Gasteiger partial charge in [0.15, 0.2) is 0 Å². The molecular weight excluding hydrogens is 880 g/mol. The molecule has 4 aliphatic rings. The van der Waals surface area contributed by atoms with Gasteiger partial charge in [-0.05, 0) is 169 Å². The van der Waals surface area contributed by atoms with Crippen LogP contribution in [-0.4, -0.2) is 11.4 Å². The lowest BCUT2D eigenvalue weighted by Gasteiger charge is -2.43. The summed E-state index contributed by atoms with van der Waals surface area (Å²) < 4.78 is 12.8. The molecule has 5 heteroatoms. The number of rotatable bonds is 1. The van der Waals surface area contributed by atoms with Gasteiger partial charge < -0.3 is 13.8 Å². The van der Waals surface area contributed by atoms with Crippen LogP contribution < -0.4 is 15.7 Å². The second-order valence-electron chi connectivity index (χ2n) is 27.1. The van der Waals surface area contributed by atoms with Crippen molar-refractivity contribution < 1.29 is 4.42 Å². The van der Waals surface area contributed by atoms with Crippen LogP contribution in [0.4, 0.5) is 11.4 Å². The molecule has 14 rings (SSSR count). The molecule has 0 fully saturated rings. The number of hydrogen-bond acceptors (Lipinski definition) is 3. The summed E-state index contributed by atoms with van der Waals surface area (Å²) in [4.78, 5) is 2.76. The van der Waals surface area contributed by atoms with E-state index in [0.717, 1.165) is 17.6 Å². The quantitative estimate of drug-likeness (QED) is 0.153. The minimum absolute atomic E-state index is 0.0244. The smallest absolute Gasteiger partial charge is 0.333 e. The van der Waals surface area contributed by atoms with Crippen LogP contribution in [0.3, 0.4) is 0 Å². The molecule has 2 aliphatic carbocycles. The van der Waals surface area contributed by atoms with Crippen LogP contribution >= 0.6 is 11.3 Å². The lowest BCUT2D eigenvalue weighted by Crippen LogP contribution is -2.60. The highest BCUT2D eigenvalue weighted by Gasteiger charge is 2.48. The summed E-state index contributed by atoms with van der Waals surface area (Å²) in [5.74, 6) is 0. The summed E-state index contributed by atoms with van der Waals surface area (Å²) in [7, 11) is 0. The van der Waals surface area contributed by atoms with E-state index in [0.29, 0.717) is 0 Å². The summed E-state index contributed by atoms with van der Waals surface area (Å²) in [5, 5.41) is 7.70. The van der Waals surface area contributed by atoms with Gasteiger partial charge in [0.2, 0.25) is 0 Å². The van der Waals surface area contributed by atoms with Crippen molar-refractivity contribution in [3.05, 3.63) is 137 Å². The average molecular weight is 947 g/mol. The molecule has 0 saturated carbocycles. The van der Waals surface area contributed by atoms with Crippen molar-refractivity contribution in [1.82, 2.24) is 4.57 Å². The van der Waals surface area contributed by atoms with Crippen molar-refractivity contribution >= 4 is 104 Å². The summed E-state index contributed by atoms with van der Waals surface area (Å²) >= 11 is 1.98. The van der Waals surface area contributed by atoms with Gasteiger partial charge in [0.05, 0.1) is 16.4 Å². The molecule has 3 nitrogen and oxygen atoms in total. The fourth-order valence-corrected chi connectivity index (χ4v) is 15.2. The Morgan fingerprint density at radius 2 is 1.10 bits per heavy atom. The molecule has 0 amide bonds. The van der Waals surface area contributed by atoms with E-state index in [1.807, 2.05) is 11.3 Å². The number of fused-ring (bicyclic) bond motifs is 18. The van der Waals surface area contributed by atoms with E-state index in [-0.39, 0.29) is 39.3 Å². The van der Waals surface area contributed by atoms with Crippen LogP contribution in [0.15, 0.2) is 108 Å². The van der Waals surface area contributed by atoms with Gasteiger partial charge in [0, 0.05) is 59.0 Å². The number of anilines is 2. The van der Waals surface area contributed by atoms with Gasteiger partial charge in [0.1, 0.15) is 11.2 Å². The van der Waals surface area contributed by atoms with Gasteiger partial charge in [-0.25, -0.2) is 0 Å². The minimum atomic E-state index is -0.120. The summed E-state index contributed by atoms with van der Waals surface area (Å²) in [6.07, 6.45) is 4.73. The lowest BCUT2D eigenvalue weighted by molar-refractivity contribution is 0.332. The zero-order valence-corrected chi connectivity index (χ0v) is 45.2. The summed E-state index contributed by atoms with van der Waals surface area (Å²) in [6, 6.07) is 41.5. The van der Waals surface area contributed by atoms with Crippen LogP contribution in [0.2, 0.25) is 0 Å². The first-order chi connectivity index (χ1) is 33.4. The number of benzene rings is 7. The van der Waals surface area contributed by atoms with Gasteiger partial charge in [-0.2, -0.15) is 0 Å². The highest BCUT2D eigenvalue weighted by Crippen LogP contribution is 2.56. The first-order valence-corrected chi connectivity index (χ1v) is 27.4. The van der Waals surface area contributed by atoms with E-state index in [1.54, 1.807) is 0 Å². The number of nitrogens with zero attached hydrogens (tertiary/aromatic N) is 2. The molecule has 0 unspecified atom stereocenters. The van der Waals surface area contributed by atoms with E-state index in [2.05, 4.69) is 209 Å². The Morgan fingerprint density at radius 3 is 1.75 bits per heavy atom. The molecule has 356 valence electrons. The van der Waals surface area contributed by atoms with Crippen LogP contribution in [-0.2, 0) is 32.5 Å². The second-order valence-corrected chi connectivity index (χ2v) is 28.1. The van der Waals surface area contributed by atoms with Crippen molar-refractivity contribution in [2.75, 3.05) is 4.81 Å². The molecular formula is C66H67BN2OS. The molecule has 0 saturated heterocycles. The molecule has 0 bridgehead atoms. The molecule has 2 aliphatic heterocycles. The third kappa shape index (κ3) is 5.85. The maximum absolute atomic E-state index is 7.38. The molecule has 5 heterocycles. The topological polar surface area (TPSA) is 21.3 Å². The third-order valence-corrected chi connectivity index (χ3v) is 19.7. The molecule has 0 spiro atoms. The largest absolute Gasteiger partial charge is 0.455 e. The van der Waals surface area contributed by atoms with Crippen molar-refractivity contribution in [2.45, 2.75) is 155 Å². The fraction of sp³-hybridized carbons (Fsp3) is 0.364. The van der Waals surface area contributed by atoms with Crippen molar-refractivity contribution in [1.29, 1.82) is 0 Å². The van der Waals surface area contributed by atoms with Crippen molar-refractivity contribution in [2.24, 2.45) is 0 Å². The zero-order chi connectivity index (χ0) is 49.4. The number of thiophene rings is 1. The van der Waals surface area contributed by atoms with Crippen LogP contribution in [0.5, 0.6) is 0 Å². The Hall–Kier alpha value is -5.78. The summed E-state index contributed by atoms with van der Waals surface area (Å²) in [5.41, 5.74) is 22.6. The maximum atomic E-state index is 7.38. The van der Waals surface area contributed by atoms with E-state index >= 15 is 0 Å². The fourth-order valence-electron chi connectivity index (χ4n) is 14.0. The number of hydrogen-bond donors (Lipinski definition) is 0. The zero-order valence-electron chi connectivity index (χ0n) is 44.4. The molecule has 7 aromatic carbocycles. The van der Waals surface area contributed by atoms with Crippen molar-refractivity contribution in [3.63, 3.8) is 0 Å². The minimum Gasteiger partial charge on any atom is -0.455 e. The standard InChI is InChI=1S/C66H67BN2OS/c1-61(2,3)36-19-22-38(23-20-36)69-51-32-41-40-30-44-47(66(13,14)28-26-63(44,7)8)35-54(40)71-53(41)33-43(51)55-56-39-17-15-16-18-52(39)70-60(56)57-42-31-45-46(65(11,12)27-25-64(45,9)10)34-50(42)68-49-24-21-37(62(4,5)6)29-48(49)67(69)58(55)59(57)68/h15-24,29-35H,25-28H2,1-14H3. The summed E-state index contributed by atoms with van der Waals surface area (Å²) in [6.45, 7) is 33.7. The van der Waals surface area contributed by atoms with Gasteiger partial charge in [-0.3, -0.25) is 0 Å². The molecule has 0 N–H and O–H groups in total. The molecule has 0 radical (unpaired) electrons. The van der Waals surface area contributed by atoms with E-state index in [4.69, 9.17) is 4.42 Å². The number of aromatic nitrogens is 1. The highest BCUT2D eigenvalue weighted by atomic mass is 32.1. The first kappa shape index (κ1) is 44.0. The maximum Gasteiger partial charge on any atom is 0.333 e. The molecule has 3 aromatic heterocycles. The Bertz CT molecular complexity index is 4020. The van der Waals surface area contributed by atoms with Gasteiger partial charge in [-0.15, -0.1) is 11.3 Å². The predicted octanol–water partition coefficient (Wildman–Crippen LogP) is 17.6. The number of para-hydroxylation sites is 1. The molecule has 71 heavy (non-hydrogen) atoms. The van der Waals surface area contributed by atoms with Crippen LogP contribution in [0.1, 0.15) is 156 Å². The van der Waals surface area contributed by atoms with Crippen molar-refractivity contribution in [3.8, 4) is 16.8 Å². The first-order valence-electron chi connectivity index (χ1n) is 26.5. The third-order valence-electron chi connectivity index (χ3n) is 18.6. The Kier molecular flexibility index (Phi) is 8.44. The van der Waals surface area contributed by atoms with E-state index in [9.17, 15) is 0 Å². The second kappa shape index (κ2) is 13.6. The predicted molar refractivity (Wildman–Crippen MR) is 308 cm³/mol. The monoisotopic (exact) mass is 947 g/mol. The van der Waals surface area contributed by atoms with Gasteiger partial charge >= 0.3 is 6.85 Å². The van der Waals surface area contributed by atoms with Gasteiger partial charge in [0.25, 0.3) is 0 Å². The highest BCUT2D eigenvalue weighted by molar-refractivity contribution is 7.25. The Morgan fingerprint density at radius 1 is 0.535 bits per heavy atom. The molecule has 10 aromatic rings. The molecule has 0 atom stereocenters. The Balaban J connectivity index is 1.21. The van der Waals surface area contributed by atoms with E-state index in [1.165, 1.54) is 145 Å². The van der Waals surface area contributed by atoms with Crippen LogP contribution in [0, 0.1) is 0 Å². The number of furan rings is 1. The SMILES string of the molecule is CC(C)(C)c1ccc(N2B3c4cc(C(C)(C)C)ccc4-n4c5cc6c(cc5c5c7oc8ccccc8c7c(c3c54)-c3cc4sc5cc7c(cc5c4cc32)C(C)(C)CCC7(C)C)C(C)(C)CCC6(C)C)cc1. The van der Waals surface area contributed by atoms with Crippen LogP contribution in [0.25, 0.3) is 80.7 Å². The van der Waals surface area contributed by atoms with Gasteiger partial charge in [-0.1, -0.05) is 139 Å².